The van der Waals surface area contributed by atoms with Gasteiger partial charge in [0, 0.05) is 5.56 Å². The number of nitrogens with zero attached hydrogens (tertiary/aromatic N) is 1. The first-order valence-corrected chi connectivity index (χ1v) is 8.34. The normalized spacial score (nSPS) is 10.7. The summed E-state index contributed by atoms with van der Waals surface area (Å²) < 4.78 is 11.1. The third-order valence-corrected chi connectivity index (χ3v) is 3.62. The summed E-state index contributed by atoms with van der Waals surface area (Å²) in [6, 6.07) is 13.3. The van der Waals surface area contributed by atoms with Crippen LogP contribution in [0.3, 0.4) is 0 Å². The average Bonchev–Trinajstić information content (AvgIpc) is 2.62. The Morgan fingerprint density at radius 2 is 1.92 bits per heavy atom. The lowest BCUT2D eigenvalue weighted by atomic mass is 10.1. The van der Waals surface area contributed by atoms with Crippen LogP contribution in [0, 0.1) is 13.8 Å². The van der Waals surface area contributed by atoms with Gasteiger partial charge in [0.2, 0.25) is 0 Å². The second-order valence-electron chi connectivity index (χ2n) is 5.71. The molecule has 0 aromatic heterocycles. The van der Waals surface area contributed by atoms with E-state index in [0.717, 1.165) is 23.3 Å². The van der Waals surface area contributed by atoms with E-state index in [9.17, 15) is 4.79 Å². The molecular formula is C20H24N2O3. The Kier molecular flexibility index (Phi) is 7.01. The van der Waals surface area contributed by atoms with Crippen LogP contribution in [0.4, 0.5) is 0 Å². The fourth-order valence-corrected chi connectivity index (χ4v) is 2.09. The summed E-state index contributed by atoms with van der Waals surface area (Å²) >= 11 is 0. The summed E-state index contributed by atoms with van der Waals surface area (Å²) in [5.74, 6) is 1.09. The molecule has 2 rings (SSSR count). The first-order valence-electron chi connectivity index (χ1n) is 8.34. The van der Waals surface area contributed by atoms with Crippen molar-refractivity contribution in [2.75, 3.05) is 13.2 Å². The zero-order valence-corrected chi connectivity index (χ0v) is 14.9. The van der Waals surface area contributed by atoms with Crippen molar-refractivity contribution >= 4 is 12.1 Å². The molecule has 0 unspecified atom stereocenters. The highest BCUT2D eigenvalue weighted by atomic mass is 16.5. The lowest BCUT2D eigenvalue weighted by Crippen LogP contribution is -2.24. The predicted molar refractivity (Wildman–Crippen MR) is 99.4 cm³/mol. The van der Waals surface area contributed by atoms with Gasteiger partial charge in [0.15, 0.2) is 6.61 Å². The summed E-state index contributed by atoms with van der Waals surface area (Å²) in [5, 5.41) is 3.97. The van der Waals surface area contributed by atoms with Crippen molar-refractivity contribution in [3.63, 3.8) is 0 Å². The van der Waals surface area contributed by atoms with Crippen molar-refractivity contribution in [1.82, 2.24) is 5.43 Å². The zero-order chi connectivity index (χ0) is 18.1. The van der Waals surface area contributed by atoms with E-state index in [-0.39, 0.29) is 12.5 Å². The molecule has 1 N–H and O–H groups in total. The van der Waals surface area contributed by atoms with Crippen LogP contribution in [0.15, 0.2) is 47.6 Å². The number of para-hydroxylation sites is 1. The topological polar surface area (TPSA) is 59.9 Å². The molecule has 0 aliphatic carbocycles. The molecule has 0 heterocycles. The Morgan fingerprint density at radius 3 is 2.68 bits per heavy atom. The van der Waals surface area contributed by atoms with Gasteiger partial charge in [-0.15, -0.1) is 0 Å². The number of ether oxygens (including phenoxy) is 2. The molecule has 5 heteroatoms. The van der Waals surface area contributed by atoms with Crippen LogP contribution < -0.4 is 14.9 Å². The molecule has 25 heavy (non-hydrogen) atoms. The van der Waals surface area contributed by atoms with E-state index in [1.165, 1.54) is 5.56 Å². The number of carbonyl (C=O) groups excluding carboxylic acids is 1. The van der Waals surface area contributed by atoms with E-state index in [2.05, 4.69) is 10.5 Å². The standard InChI is InChI=1S/C20H24N2O3/c1-4-11-24-19-8-6-5-7-17(19)13-21-22-20(23)14-25-18-10-9-15(2)16(3)12-18/h5-10,12-13H,4,11,14H2,1-3H3,(H,22,23). The Labute approximate surface area is 148 Å². The number of benzene rings is 2. The van der Waals surface area contributed by atoms with Crippen LogP contribution in [0.1, 0.15) is 30.0 Å². The quantitative estimate of drug-likeness (QED) is 0.590. The van der Waals surface area contributed by atoms with Gasteiger partial charge in [0.25, 0.3) is 5.91 Å². The second-order valence-corrected chi connectivity index (χ2v) is 5.71. The molecule has 0 aliphatic rings. The Hall–Kier alpha value is -2.82. The van der Waals surface area contributed by atoms with Crippen LogP contribution in [0.25, 0.3) is 0 Å². The highest BCUT2D eigenvalue weighted by Gasteiger charge is 2.03. The minimum Gasteiger partial charge on any atom is -0.493 e. The third kappa shape index (κ3) is 5.95. The molecule has 2 aromatic carbocycles. The van der Waals surface area contributed by atoms with Crippen LogP contribution in [-0.2, 0) is 4.79 Å². The van der Waals surface area contributed by atoms with E-state index in [1.807, 2.05) is 63.2 Å². The smallest absolute Gasteiger partial charge is 0.277 e. The summed E-state index contributed by atoms with van der Waals surface area (Å²) in [5.41, 5.74) is 5.58. The van der Waals surface area contributed by atoms with E-state index < -0.39 is 0 Å². The minimum absolute atomic E-state index is 0.0895. The number of hydrogen-bond acceptors (Lipinski definition) is 4. The van der Waals surface area contributed by atoms with Gasteiger partial charge in [-0.05, 0) is 55.7 Å². The van der Waals surface area contributed by atoms with E-state index >= 15 is 0 Å². The van der Waals surface area contributed by atoms with Crippen molar-refractivity contribution in [3.8, 4) is 11.5 Å². The van der Waals surface area contributed by atoms with Crippen molar-refractivity contribution in [2.24, 2.45) is 5.10 Å². The van der Waals surface area contributed by atoms with Crippen LogP contribution in [0.5, 0.6) is 11.5 Å². The fraction of sp³-hybridized carbons (Fsp3) is 0.300. The molecular weight excluding hydrogens is 316 g/mol. The molecule has 0 saturated carbocycles. The van der Waals surface area contributed by atoms with Crippen molar-refractivity contribution < 1.29 is 14.3 Å². The molecule has 0 aliphatic heterocycles. The summed E-state index contributed by atoms with van der Waals surface area (Å²) in [6.45, 7) is 6.63. The highest BCUT2D eigenvalue weighted by Crippen LogP contribution is 2.17. The van der Waals surface area contributed by atoms with Crippen LogP contribution in [0.2, 0.25) is 0 Å². The largest absolute Gasteiger partial charge is 0.493 e. The number of carbonyl (C=O) groups is 1. The van der Waals surface area contributed by atoms with Gasteiger partial charge >= 0.3 is 0 Å². The number of hydrogen-bond donors (Lipinski definition) is 1. The maximum Gasteiger partial charge on any atom is 0.277 e. The Bertz CT molecular complexity index is 741. The highest BCUT2D eigenvalue weighted by molar-refractivity contribution is 5.85. The predicted octanol–water partition coefficient (Wildman–Crippen LogP) is 3.62. The number of hydrazone groups is 1. The molecule has 2 aromatic rings. The summed E-state index contributed by atoms with van der Waals surface area (Å²) in [4.78, 5) is 11.8. The SMILES string of the molecule is CCCOc1ccccc1C=NNC(=O)COc1ccc(C)c(C)c1. The zero-order valence-electron chi connectivity index (χ0n) is 14.9. The van der Waals surface area contributed by atoms with E-state index in [1.54, 1.807) is 6.21 Å². The van der Waals surface area contributed by atoms with Gasteiger partial charge in [-0.1, -0.05) is 25.1 Å². The maximum atomic E-state index is 11.8. The molecule has 132 valence electrons. The molecule has 1 amide bonds. The van der Waals surface area contributed by atoms with E-state index in [0.29, 0.717) is 12.4 Å². The molecule has 5 nitrogen and oxygen atoms in total. The number of aryl methyl sites for hydroxylation is 2. The van der Waals surface area contributed by atoms with Crippen molar-refractivity contribution in [3.05, 3.63) is 59.2 Å². The van der Waals surface area contributed by atoms with Gasteiger partial charge in [-0.2, -0.15) is 5.10 Å². The Morgan fingerprint density at radius 1 is 1.12 bits per heavy atom. The Balaban J connectivity index is 1.85. The number of amides is 1. The fourth-order valence-electron chi connectivity index (χ4n) is 2.09. The third-order valence-electron chi connectivity index (χ3n) is 3.62. The van der Waals surface area contributed by atoms with Gasteiger partial charge in [0.1, 0.15) is 11.5 Å². The van der Waals surface area contributed by atoms with Gasteiger partial charge < -0.3 is 9.47 Å². The molecule has 0 spiro atoms. The molecule has 0 radical (unpaired) electrons. The lowest BCUT2D eigenvalue weighted by molar-refractivity contribution is -0.123. The lowest BCUT2D eigenvalue weighted by Gasteiger charge is -2.08. The minimum atomic E-state index is -0.318. The van der Waals surface area contributed by atoms with Gasteiger partial charge in [0.05, 0.1) is 12.8 Å². The summed E-state index contributed by atoms with van der Waals surface area (Å²) in [6.07, 6.45) is 2.50. The molecule has 0 saturated heterocycles. The first kappa shape index (κ1) is 18.5. The van der Waals surface area contributed by atoms with E-state index in [4.69, 9.17) is 9.47 Å². The van der Waals surface area contributed by atoms with Gasteiger partial charge in [-0.25, -0.2) is 5.43 Å². The monoisotopic (exact) mass is 340 g/mol. The second kappa shape index (κ2) is 9.47. The average molecular weight is 340 g/mol. The number of rotatable bonds is 8. The van der Waals surface area contributed by atoms with Crippen LogP contribution in [-0.4, -0.2) is 25.3 Å². The van der Waals surface area contributed by atoms with Gasteiger partial charge in [-0.3, -0.25) is 4.79 Å². The molecule has 0 atom stereocenters. The molecule has 0 fully saturated rings. The van der Waals surface area contributed by atoms with Crippen molar-refractivity contribution in [1.29, 1.82) is 0 Å². The van der Waals surface area contributed by atoms with Crippen molar-refractivity contribution in [2.45, 2.75) is 27.2 Å². The van der Waals surface area contributed by atoms with Crippen LogP contribution >= 0.6 is 0 Å². The number of nitrogens with one attached hydrogen (secondary N) is 1. The summed E-state index contributed by atoms with van der Waals surface area (Å²) in [7, 11) is 0. The maximum absolute atomic E-state index is 11.8. The first-order chi connectivity index (χ1) is 12.1. The molecule has 0 bridgehead atoms.